The van der Waals surface area contributed by atoms with Crippen LogP contribution in [0.25, 0.3) is 0 Å². The smallest absolute Gasteiger partial charge is 0.324 e. The molecule has 16 nitrogen and oxygen atoms in total. The zero-order valence-corrected chi connectivity index (χ0v) is 38.9. The molecule has 63 heavy (non-hydrogen) atoms. The Balaban J connectivity index is 0.000000246. The van der Waals surface area contributed by atoms with Crippen LogP contribution in [-0.2, 0) is 38.7 Å². The van der Waals surface area contributed by atoms with Crippen LogP contribution < -0.4 is 15.4 Å². The number of benzene rings is 2. The molecule has 4 aliphatic rings. The lowest BCUT2D eigenvalue weighted by Gasteiger charge is -2.26. The molecule has 2 aromatic carbocycles. The number of aromatic hydroxyl groups is 1. The van der Waals surface area contributed by atoms with Crippen LogP contribution in [0.2, 0.25) is 0 Å². The summed E-state index contributed by atoms with van der Waals surface area (Å²) in [4.78, 5) is 47.8. The maximum Gasteiger partial charge on any atom is 0.324 e. The Labute approximate surface area is 376 Å². The first-order valence-corrected chi connectivity index (χ1v) is 25.8. The fourth-order valence-corrected chi connectivity index (χ4v) is 10.7. The summed E-state index contributed by atoms with van der Waals surface area (Å²) in [6.07, 6.45) is 3.48. The van der Waals surface area contributed by atoms with Gasteiger partial charge < -0.3 is 29.1 Å². The van der Waals surface area contributed by atoms with Gasteiger partial charge in [-0.3, -0.25) is 20.2 Å². The number of unbranched alkanes of at least 4 members (excludes halogenated alkanes) is 4. The number of phenolic OH excluding ortho intramolecular Hbond substituents is 1. The van der Waals surface area contributed by atoms with Crippen molar-refractivity contribution in [2.75, 3.05) is 87.6 Å². The third-order valence-electron chi connectivity index (χ3n) is 10.7. The number of sulfone groups is 2. The number of phenols is 1. The molecule has 0 bridgehead atoms. The lowest BCUT2D eigenvalue weighted by Crippen LogP contribution is -2.32. The minimum Gasteiger partial charge on any atom is -0.505 e. The topological polar surface area (TPSA) is 215 Å². The van der Waals surface area contributed by atoms with Gasteiger partial charge in [-0.1, -0.05) is 54.8 Å². The van der Waals surface area contributed by atoms with Crippen LogP contribution in [0.1, 0.15) is 75.3 Å². The lowest BCUT2D eigenvalue weighted by atomic mass is 10.0. The number of imide groups is 2. The molecule has 4 fully saturated rings. The standard InChI is InChI=1S/C21H29FN2O6S.C17H23FN2O5S.C4H7BrO/c1-15(17-5-6-18(22)19(9-17)30-13-16-11-29-12-16)14-31(27,28)8-4-2-3-7-24-10-20(25)23-21(24)26;1-12(13-5-6-14(18)15(21)9-13)11-26(24,25)8-4-2-3-7-20-10-16(22)19-17(20)23;5-1-4-2-6-3-4/h5-6,9,15-16H,2-4,7-8,10-14H2,1H3,(H,23,25,26);5-6,9,12,21H,2-4,7-8,10-11H2,1H3,(H,19,22,23);4H,1-3H2/t15-;12-;/m00./s1. The summed E-state index contributed by atoms with van der Waals surface area (Å²) in [5.41, 5.74) is 1.28. The van der Waals surface area contributed by atoms with Gasteiger partial charge in [0.05, 0.1) is 56.0 Å². The average molecular weight is 994 g/mol. The number of nitrogens with one attached hydrogen (secondary N) is 2. The Morgan fingerprint density at radius 2 is 1.17 bits per heavy atom. The van der Waals surface area contributed by atoms with E-state index in [4.69, 9.17) is 14.2 Å². The Hall–Kier alpha value is -3.92. The van der Waals surface area contributed by atoms with E-state index in [9.17, 15) is 49.9 Å². The summed E-state index contributed by atoms with van der Waals surface area (Å²) >= 11 is 3.35. The molecule has 352 valence electrons. The molecular formula is C42H59BrF2N4O12S2. The molecule has 6 rings (SSSR count). The van der Waals surface area contributed by atoms with Crippen LogP contribution in [0.3, 0.4) is 0 Å². The number of urea groups is 2. The first-order valence-electron chi connectivity index (χ1n) is 21.0. The van der Waals surface area contributed by atoms with Crippen molar-refractivity contribution in [1.29, 1.82) is 0 Å². The number of carbonyl (C=O) groups excluding carboxylic acids is 4. The molecule has 3 N–H and O–H groups in total. The number of hydrogen-bond acceptors (Lipinski definition) is 12. The van der Waals surface area contributed by atoms with Crippen LogP contribution in [0.4, 0.5) is 18.4 Å². The van der Waals surface area contributed by atoms with Crippen molar-refractivity contribution in [1.82, 2.24) is 20.4 Å². The zero-order chi connectivity index (χ0) is 46.2. The molecule has 0 aliphatic carbocycles. The molecule has 0 unspecified atom stereocenters. The monoisotopic (exact) mass is 992 g/mol. The number of carbonyl (C=O) groups is 4. The third-order valence-corrected chi connectivity index (χ3v) is 15.4. The van der Waals surface area contributed by atoms with Crippen molar-refractivity contribution in [3.63, 3.8) is 0 Å². The van der Waals surface area contributed by atoms with E-state index in [1.807, 2.05) is 0 Å². The summed E-state index contributed by atoms with van der Waals surface area (Å²) in [5.74, 6) is -1.80. The van der Waals surface area contributed by atoms with Crippen molar-refractivity contribution < 1.29 is 64.1 Å². The second kappa shape index (κ2) is 25.0. The molecule has 0 radical (unpaired) electrons. The number of ether oxygens (including phenoxy) is 3. The number of alkyl halides is 1. The van der Waals surface area contributed by atoms with Gasteiger partial charge in [0.25, 0.3) is 0 Å². The molecule has 21 heteroatoms. The summed E-state index contributed by atoms with van der Waals surface area (Å²) < 4.78 is 92.1. The summed E-state index contributed by atoms with van der Waals surface area (Å²) in [6, 6.07) is 7.52. The quantitative estimate of drug-likeness (QED) is 0.0817. The van der Waals surface area contributed by atoms with Gasteiger partial charge >= 0.3 is 12.1 Å². The Kier molecular flexibility index (Phi) is 20.5. The number of halogens is 3. The van der Waals surface area contributed by atoms with Crippen LogP contribution in [0, 0.1) is 23.5 Å². The highest BCUT2D eigenvalue weighted by molar-refractivity contribution is 9.09. The third kappa shape index (κ3) is 17.9. The molecule has 2 atom stereocenters. The minimum absolute atomic E-state index is 0.0235. The summed E-state index contributed by atoms with van der Waals surface area (Å²) in [5, 5.41) is 14.9. The van der Waals surface area contributed by atoms with Crippen LogP contribution in [0.15, 0.2) is 36.4 Å². The fraction of sp³-hybridized carbons (Fsp3) is 0.619. The van der Waals surface area contributed by atoms with Crippen LogP contribution in [0.5, 0.6) is 11.5 Å². The van der Waals surface area contributed by atoms with Gasteiger partial charge in [-0.05, 0) is 72.9 Å². The van der Waals surface area contributed by atoms with Gasteiger partial charge in [0.1, 0.15) is 13.1 Å². The zero-order valence-electron chi connectivity index (χ0n) is 35.7. The van der Waals surface area contributed by atoms with Gasteiger partial charge in [-0.2, -0.15) is 0 Å². The first kappa shape index (κ1) is 51.7. The van der Waals surface area contributed by atoms with E-state index in [0.717, 1.165) is 36.1 Å². The first-order chi connectivity index (χ1) is 29.8. The van der Waals surface area contributed by atoms with Crippen molar-refractivity contribution in [2.45, 2.75) is 64.2 Å². The molecule has 0 spiro atoms. The molecule has 4 saturated heterocycles. The molecule has 6 amide bonds. The van der Waals surface area contributed by atoms with E-state index in [0.29, 0.717) is 77.0 Å². The highest BCUT2D eigenvalue weighted by atomic mass is 79.9. The van der Waals surface area contributed by atoms with Crippen molar-refractivity contribution in [3.8, 4) is 11.5 Å². The second-order valence-corrected chi connectivity index (χ2v) is 21.5. The van der Waals surface area contributed by atoms with Gasteiger partial charge in [0.2, 0.25) is 11.8 Å². The maximum atomic E-state index is 14.0. The lowest BCUT2D eigenvalue weighted by molar-refractivity contribution is -0.119. The summed E-state index contributed by atoms with van der Waals surface area (Å²) in [7, 11) is -6.58. The van der Waals surface area contributed by atoms with E-state index in [2.05, 4.69) is 26.6 Å². The number of rotatable bonds is 22. The Bertz CT molecular complexity index is 2090. The molecule has 0 aromatic heterocycles. The highest BCUT2D eigenvalue weighted by Gasteiger charge is 2.27. The number of nitrogens with zero attached hydrogens (tertiary/aromatic N) is 2. The van der Waals surface area contributed by atoms with Gasteiger partial charge in [0, 0.05) is 30.3 Å². The van der Waals surface area contributed by atoms with Crippen LogP contribution in [-0.4, -0.2) is 143 Å². The van der Waals surface area contributed by atoms with Crippen molar-refractivity contribution in [3.05, 3.63) is 59.2 Å². The van der Waals surface area contributed by atoms with Crippen LogP contribution >= 0.6 is 15.9 Å². The predicted molar refractivity (Wildman–Crippen MR) is 234 cm³/mol. The van der Waals surface area contributed by atoms with E-state index in [-0.39, 0.29) is 71.4 Å². The fourth-order valence-electron chi connectivity index (χ4n) is 6.79. The number of amides is 6. The second-order valence-electron chi connectivity index (χ2n) is 16.4. The van der Waals surface area contributed by atoms with Crippen molar-refractivity contribution in [2.24, 2.45) is 11.8 Å². The Morgan fingerprint density at radius 3 is 1.56 bits per heavy atom. The molecule has 4 heterocycles. The molecule has 0 saturated carbocycles. The molecule has 4 aliphatic heterocycles. The van der Waals surface area contributed by atoms with Crippen molar-refractivity contribution >= 4 is 59.5 Å². The van der Waals surface area contributed by atoms with Gasteiger partial charge in [0.15, 0.2) is 42.8 Å². The van der Waals surface area contributed by atoms with E-state index in [1.54, 1.807) is 26.0 Å². The van der Waals surface area contributed by atoms with Gasteiger partial charge in [-0.25, -0.2) is 35.2 Å². The average Bonchev–Trinajstić information content (AvgIpc) is 3.68. The summed E-state index contributed by atoms with van der Waals surface area (Å²) in [6.45, 7) is 8.01. The van der Waals surface area contributed by atoms with E-state index in [1.165, 1.54) is 28.0 Å². The SMILES string of the molecule is BrCC1COC1.C[C@@H](CS(=O)(=O)CCCCCN1CC(=O)NC1=O)c1ccc(F)c(O)c1.C[C@@H](CS(=O)(=O)CCCCCN1CC(=O)NC1=O)c1ccc(F)c(OCC2COC2)c1. The maximum absolute atomic E-state index is 14.0. The predicted octanol–water partition coefficient (Wildman–Crippen LogP) is 4.89. The molecular weight excluding hydrogens is 935 g/mol. The largest absolute Gasteiger partial charge is 0.505 e. The van der Waals surface area contributed by atoms with E-state index < -0.39 is 49.1 Å². The minimum atomic E-state index is -3.29. The Morgan fingerprint density at radius 1 is 0.714 bits per heavy atom. The van der Waals surface area contributed by atoms with E-state index >= 15 is 0 Å². The highest BCUT2D eigenvalue weighted by Crippen LogP contribution is 2.27. The normalized spacial score (nSPS) is 17.7. The molecule has 2 aromatic rings. The number of hydrogen-bond donors (Lipinski definition) is 3. The van der Waals surface area contributed by atoms with Gasteiger partial charge in [-0.15, -0.1) is 0 Å².